The Morgan fingerprint density at radius 2 is 2.25 bits per heavy atom. The van der Waals surface area contributed by atoms with Crippen LogP contribution in [-0.2, 0) is 0 Å². The zero-order valence-corrected chi connectivity index (χ0v) is 11.0. The molecule has 1 atom stereocenters. The van der Waals surface area contributed by atoms with E-state index in [0.717, 1.165) is 6.29 Å². The van der Waals surface area contributed by atoms with Gasteiger partial charge in [0.05, 0.1) is 10.1 Å². The summed E-state index contributed by atoms with van der Waals surface area (Å²) in [4.78, 5) is 10.7. The van der Waals surface area contributed by atoms with E-state index in [1.165, 1.54) is 0 Å². The molecule has 0 aliphatic heterocycles. The van der Waals surface area contributed by atoms with E-state index < -0.39 is 5.60 Å². The van der Waals surface area contributed by atoms with Gasteiger partial charge in [0.15, 0.2) is 6.29 Å². The predicted molar refractivity (Wildman–Crippen MR) is 65.9 cm³/mol. The molecule has 0 spiro atoms. The molecule has 4 heteroatoms. The predicted octanol–water partition coefficient (Wildman–Crippen LogP) is 2.80. The summed E-state index contributed by atoms with van der Waals surface area (Å²) in [7, 11) is 0. The van der Waals surface area contributed by atoms with Crippen molar-refractivity contribution >= 4 is 22.2 Å². The standard InChI is InChI=1S/C12H15BrO3/c1-3-12(2,15)8-16-10-6-4-5-9(7-14)11(10)13/h4-7,15H,3,8H2,1-2H3. The molecule has 0 aliphatic carbocycles. The van der Waals surface area contributed by atoms with Crippen molar-refractivity contribution in [3.8, 4) is 5.75 Å². The highest BCUT2D eigenvalue weighted by Gasteiger charge is 2.19. The SMILES string of the molecule is CCC(C)(O)COc1cccc(C=O)c1Br. The minimum Gasteiger partial charge on any atom is -0.489 e. The first-order valence-electron chi connectivity index (χ1n) is 5.09. The fourth-order valence-corrected chi connectivity index (χ4v) is 1.54. The Morgan fingerprint density at radius 1 is 1.56 bits per heavy atom. The number of carbonyl (C=O) groups excluding carboxylic acids is 1. The average Bonchev–Trinajstić information content (AvgIpc) is 2.28. The van der Waals surface area contributed by atoms with Crippen LogP contribution in [0.25, 0.3) is 0 Å². The maximum absolute atomic E-state index is 10.7. The first-order chi connectivity index (χ1) is 7.50. The van der Waals surface area contributed by atoms with Gasteiger partial charge < -0.3 is 9.84 Å². The van der Waals surface area contributed by atoms with Crippen LogP contribution >= 0.6 is 15.9 Å². The van der Waals surface area contributed by atoms with E-state index in [4.69, 9.17) is 4.74 Å². The van der Waals surface area contributed by atoms with Gasteiger partial charge in [-0.25, -0.2) is 0 Å². The molecule has 0 aromatic heterocycles. The lowest BCUT2D eigenvalue weighted by Gasteiger charge is -2.22. The smallest absolute Gasteiger partial charge is 0.151 e. The van der Waals surface area contributed by atoms with E-state index in [1.807, 2.05) is 6.92 Å². The molecule has 1 unspecified atom stereocenters. The van der Waals surface area contributed by atoms with Crippen LogP contribution in [0.2, 0.25) is 0 Å². The van der Waals surface area contributed by atoms with Gasteiger partial charge in [-0.1, -0.05) is 19.1 Å². The van der Waals surface area contributed by atoms with Gasteiger partial charge in [-0.2, -0.15) is 0 Å². The lowest BCUT2D eigenvalue weighted by molar-refractivity contribution is 0.00822. The number of benzene rings is 1. The second kappa shape index (κ2) is 5.46. The molecular formula is C12H15BrO3. The third kappa shape index (κ3) is 3.32. The molecule has 1 aromatic carbocycles. The Labute approximate surface area is 104 Å². The van der Waals surface area contributed by atoms with Gasteiger partial charge in [-0.15, -0.1) is 0 Å². The molecule has 0 amide bonds. The van der Waals surface area contributed by atoms with Crippen molar-refractivity contribution in [1.29, 1.82) is 0 Å². The second-order valence-corrected chi connectivity index (χ2v) is 4.71. The number of hydrogen-bond donors (Lipinski definition) is 1. The molecule has 0 bridgehead atoms. The van der Waals surface area contributed by atoms with Crippen LogP contribution < -0.4 is 4.74 Å². The van der Waals surface area contributed by atoms with Crippen LogP contribution in [-0.4, -0.2) is 23.6 Å². The maximum atomic E-state index is 10.7. The summed E-state index contributed by atoms with van der Waals surface area (Å²) in [5.74, 6) is 0.568. The van der Waals surface area contributed by atoms with Crippen molar-refractivity contribution in [2.24, 2.45) is 0 Å². The molecule has 88 valence electrons. The normalized spacial score (nSPS) is 14.2. The number of carbonyl (C=O) groups is 1. The Bertz CT molecular complexity index is 375. The monoisotopic (exact) mass is 286 g/mol. The van der Waals surface area contributed by atoms with Crippen molar-refractivity contribution in [2.45, 2.75) is 25.9 Å². The summed E-state index contributed by atoms with van der Waals surface area (Å²) in [6, 6.07) is 5.19. The van der Waals surface area contributed by atoms with Gasteiger partial charge in [-0.05, 0) is 35.3 Å². The molecule has 0 saturated carbocycles. The van der Waals surface area contributed by atoms with Crippen molar-refractivity contribution in [3.63, 3.8) is 0 Å². The molecule has 0 fully saturated rings. The minimum atomic E-state index is -0.851. The van der Waals surface area contributed by atoms with E-state index in [2.05, 4.69) is 15.9 Å². The number of rotatable bonds is 5. The van der Waals surface area contributed by atoms with E-state index in [9.17, 15) is 9.90 Å². The minimum absolute atomic E-state index is 0.199. The van der Waals surface area contributed by atoms with Crippen LogP contribution in [0.15, 0.2) is 22.7 Å². The molecule has 16 heavy (non-hydrogen) atoms. The molecule has 3 nitrogen and oxygen atoms in total. The maximum Gasteiger partial charge on any atom is 0.151 e. The van der Waals surface area contributed by atoms with Crippen LogP contribution in [0.4, 0.5) is 0 Å². The number of hydrogen-bond acceptors (Lipinski definition) is 3. The van der Waals surface area contributed by atoms with Crippen LogP contribution in [0, 0.1) is 0 Å². The third-order valence-electron chi connectivity index (χ3n) is 2.42. The molecule has 1 rings (SSSR count). The van der Waals surface area contributed by atoms with E-state index in [0.29, 0.717) is 22.2 Å². The van der Waals surface area contributed by atoms with Crippen molar-refractivity contribution in [1.82, 2.24) is 0 Å². The first kappa shape index (κ1) is 13.2. The summed E-state index contributed by atoms with van der Waals surface area (Å²) in [6.45, 7) is 3.80. The van der Waals surface area contributed by atoms with Gasteiger partial charge >= 0.3 is 0 Å². The Balaban J connectivity index is 2.78. The summed E-state index contributed by atoms with van der Waals surface area (Å²) in [5.41, 5.74) is -0.315. The lowest BCUT2D eigenvalue weighted by atomic mass is 10.1. The highest BCUT2D eigenvalue weighted by Crippen LogP contribution is 2.28. The number of aliphatic hydroxyl groups is 1. The van der Waals surface area contributed by atoms with Crippen LogP contribution in [0.5, 0.6) is 5.75 Å². The van der Waals surface area contributed by atoms with Crippen molar-refractivity contribution in [3.05, 3.63) is 28.2 Å². The highest BCUT2D eigenvalue weighted by molar-refractivity contribution is 9.10. The lowest BCUT2D eigenvalue weighted by Crippen LogP contribution is -2.31. The number of aldehydes is 1. The van der Waals surface area contributed by atoms with E-state index >= 15 is 0 Å². The van der Waals surface area contributed by atoms with Gasteiger partial charge in [-0.3, -0.25) is 4.79 Å². The molecule has 1 N–H and O–H groups in total. The van der Waals surface area contributed by atoms with Crippen LogP contribution in [0.3, 0.4) is 0 Å². The summed E-state index contributed by atoms with van der Waals surface area (Å²) >= 11 is 3.29. The molecular weight excluding hydrogens is 272 g/mol. The summed E-state index contributed by atoms with van der Waals surface area (Å²) in [5, 5.41) is 9.79. The molecule has 1 aromatic rings. The molecule has 0 heterocycles. The molecule has 0 saturated heterocycles. The van der Waals surface area contributed by atoms with Gasteiger partial charge in [0.1, 0.15) is 12.4 Å². The second-order valence-electron chi connectivity index (χ2n) is 3.92. The number of ether oxygens (including phenoxy) is 1. The van der Waals surface area contributed by atoms with E-state index in [1.54, 1.807) is 25.1 Å². The quantitative estimate of drug-likeness (QED) is 0.847. The Kier molecular flexibility index (Phi) is 4.50. The zero-order valence-electron chi connectivity index (χ0n) is 9.37. The average molecular weight is 287 g/mol. The fraction of sp³-hybridized carbons (Fsp3) is 0.417. The molecule has 0 aliphatic rings. The number of halogens is 1. The first-order valence-corrected chi connectivity index (χ1v) is 5.88. The largest absolute Gasteiger partial charge is 0.489 e. The Morgan fingerprint density at radius 3 is 2.81 bits per heavy atom. The summed E-state index contributed by atoms with van der Waals surface area (Å²) in [6.07, 6.45) is 1.37. The van der Waals surface area contributed by atoms with E-state index in [-0.39, 0.29) is 6.61 Å². The van der Waals surface area contributed by atoms with Gasteiger partial charge in [0.2, 0.25) is 0 Å². The topological polar surface area (TPSA) is 46.5 Å². The highest BCUT2D eigenvalue weighted by atomic mass is 79.9. The van der Waals surface area contributed by atoms with Crippen LogP contribution in [0.1, 0.15) is 30.6 Å². The Hall–Kier alpha value is -0.870. The molecule has 0 radical (unpaired) electrons. The third-order valence-corrected chi connectivity index (χ3v) is 3.27. The van der Waals surface area contributed by atoms with Gasteiger partial charge in [0, 0.05) is 5.56 Å². The zero-order chi connectivity index (χ0) is 12.2. The fourth-order valence-electron chi connectivity index (χ4n) is 1.07. The van der Waals surface area contributed by atoms with Crippen molar-refractivity contribution < 1.29 is 14.6 Å². The van der Waals surface area contributed by atoms with Gasteiger partial charge in [0.25, 0.3) is 0 Å². The van der Waals surface area contributed by atoms with Crippen molar-refractivity contribution in [2.75, 3.05) is 6.61 Å². The summed E-state index contributed by atoms with van der Waals surface area (Å²) < 4.78 is 6.10.